The maximum Gasteiger partial charge on any atom is 0.252 e. The number of nitrogens with one attached hydrogen (secondary N) is 1. The minimum atomic E-state index is -0.590. The first kappa shape index (κ1) is 10.4. The number of amides is 1. The second-order valence-electron chi connectivity index (χ2n) is 2.70. The van der Waals surface area contributed by atoms with E-state index in [-0.39, 0.29) is 5.91 Å². The van der Waals surface area contributed by atoms with Crippen LogP contribution < -0.4 is 5.32 Å². The smallest absolute Gasteiger partial charge is 0.252 e. The highest BCUT2D eigenvalue weighted by Crippen LogP contribution is 1.98. The van der Waals surface area contributed by atoms with E-state index in [2.05, 4.69) is 16.9 Å². The van der Waals surface area contributed by atoms with Crippen molar-refractivity contribution in [2.45, 2.75) is 6.42 Å². The van der Waals surface area contributed by atoms with Gasteiger partial charge in [-0.05, 0) is 18.6 Å². The Morgan fingerprint density at radius 3 is 3.00 bits per heavy atom. The van der Waals surface area contributed by atoms with Crippen molar-refractivity contribution >= 4 is 5.91 Å². The molecule has 14 heavy (non-hydrogen) atoms. The topological polar surface area (TPSA) is 42.0 Å². The van der Waals surface area contributed by atoms with Gasteiger partial charge in [-0.1, -0.05) is 6.08 Å². The lowest BCUT2D eigenvalue weighted by atomic mass is 10.2. The fourth-order valence-electron chi connectivity index (χ4n) is 0.900. The SMILES string of the molecule is C=CCCNC(=O)c1ccc(F)nc1. The van der Waals surface area contributed by atoms with E-state index in [1.54, 1.807) is 6.08 Å². The van der Waals surface area contributed by atoms with E-state index in [1.807, 2.05) is 0 Å². The lowest BCUT2D eigenvalue weighted by Crippen LogP contribution is -2.24. The van der Waals surface area contributed by atoms with Crippen molar-refractivity contribution in [2.75, 3.05) is 6.54 Å². The molecule has 0 aliphatic heterocycles. The molecule has 0 aromatic carbocycles. The van der Waals surface area contributed by atoms with Crippen molar-refractivity contribution in [1.82, 2.24) is 10.3 Å². The Bertz CT molecular complexity index is 321. The molecule has 0 aliphatic carbocycles. The van der Waals surface area contributed by atoms with Crippen molar-refractivity contribution in [2.24, 2.45) is 0 Å². The van der Waals surface area contributed by atoms with Gasteiger partial charge in [-0.3, -0.25) is 4.79 Å². The van der Waals surface area contributed by atoms with Crippen LogP contribution in [-0.2, 0) is 0 Å². The lowest BCUT2D eigenvalue weighted by Gasteiger charge is -2.02. The summed E-state index contributed by atoms with van der Waals surface area (Å²) >= 11 is 0. The third-order valence-corrected chi connectivity index (χ3v) is 1.62. The zero-order valence-corrected chi connectivity index (χ0v) is 7.66. The summed E-state index contributed by atoms with van der Waals surface area (Å²) in [6.07, 6.45) is 3.63. The summed E-state index contributed by atoms with van der Waals surface area (Å²) in [5.41, 5.74) is 0.357. The first-order valence-corrected chi connectivity index (χ1v) is 4.24. The van der Waals surface area contributed by atoms with E-state index in [1.165, 1.54) is 12.3 Å². The number of hydrogen-bond acceptors (Lipinski definition) is 2. The van der Waals surface area contributed by atoms with Crippen LogP contribution in [0.2, 0.25) is 0 Å². The summed E-state index contributed by atoms with van der Waals surface area (Å²) in [7, 11) is 0. The maximum absolute atomic E-state index is 12.4. The van der Waals surface area contributed by atoms with Crippen LogP contribution in [0.15, 0.2) is 31.0 Å². The minimum absolute atomic E-state index is 0.251. The molecule has 0 aliphatic rings. The Morgan fingerprint density at radius 2 is 2.43 bits per heavy atom. The average Bonchev–Trinajstić information content (AvgIpc) is 2.19. The first-order chi connectivity index (χ1) is 6.74. The predicted molar refractivity (Wildman–Crippen MR) is 51.3 cm³/mol. The van der Waals surface area contributed by atoms with Crippen molar-refractivity contribution in [3.05, 3.63) is 42.5 Å². The molecule has 0 saturated carbocycles. The van der Waals surface area contributed by atoms with Gasteiger partial charge >= 0.3 is 0 Å². The van der Waals surface area contributed by atoms with E-state index in [9.17, 15) is 9.18 Å². The van der Waals surface area contributed by atoms with Gasteiger partial charge in [0.2, 0.25) is 5.95 Å². The van der Waals surface area contributed by atoms with Gasteiger partial charge in [0.1, 0.15) is 0 Å². The summed E-state index contributed by atoms with van der Waals surface area (Å²) < 4.78 is 12.4. The van der Waals surface area contributed by atoms with Crippen LogP contribution >= 0.6 is 0 Å². The van der Waals surface area contributed by atoms with Gasteiger partial charge in [-0.25, -0.2) is 4.98 Å². The summed E-state index contributed by atoms with van der Waals surface area (Å²) in [6.45, 7) is 4.06. The number of pyridine rings is 1. The molecule has 0 radical (unpaired) electrons. The van der Waals surface area contributed by atoms with Gasteiger partial charge in [0.15, 0.2) is 0 Å². The molecule has 1 heterocycles. The number of carbonyl (C=O) groups is 1. The van der Waals surface area contributed by atoms with Gasteiger partial charge < -0.3 is 5.32 Å². The highest BCUT2D eigenvalue weighted by atomic mass is 19.1. The van der Waals surface area contributed by atoms with Crippen molar-refractivity contribution < 1.29 is 9.18 Å². The Morgan fingerprint density at radius 1 is 1.64 bits per heavy atom. The Hall–Kier alpha value is -1.71. The zero-order chi connectivity index (χ0) is 10.4. The normalized spacial score (nSPS) is 9.50. The van der Waals surface area contributed by atoms with E-state index in [0.717, 1.165) is 6.07 Å². The van der Waals surface area contributed by atoms with Crippen LogP contribution in [0.3, 0.4) is 0 Å². The lowest BCUT2D eigenvalue weighted by molar-refractivity contribution is 0.0954. The fraction of sp³-hybridized carbons (Fsp3) is 0.200. The molecule has 0 spiro atoms. The second kappa shape index (κ2) is 5.11. The van der Waals surface area contributed by atoms with E-state index < -0.39 is 5.95 Å². The highest BCUT2D eigenvalue weighted by Gasteiger charge is 2.04. The van der Waals surface area contributed by atoms with E-state index in [0.29, 0.717) is 18.5 Å². The number of nitrogens with zero attached hydrogens (tertiary/aromatic N) is 1. The Kier molecular flexibility index (Phi) is 3.79. The molecule has 1 rings (SSSR count). The van der Waals surface area contributed by atoms with Gasteiger partial charge in [-0.2, -0.15) is 4.39 Å². The molecular formula is C10H11FN2O. The number of carbonyl (C=O) groups excluding carboxylic acids is 1. The summed E-state index contributed by atoms with van der Waals surface area (Å²) in [5.74, 6) is -0.841. The zero-order valence-electron chi connectivity index (χ0n) is 7.66. The van der Waals surface area contributed by atoms with Crippen LogP contribution in [0.25, 0.3) is 0 Å². The molecule has 74 valence electrons. The highest BCUT2D eigenvalue weighted by molar-refractivity contribution is 5.93. The number of rotatable bonds is 4. The average molecular weight is 194 g/mol. The van der Waals surface area contributed by atoms with Crippen molar-refractivity contribution in [3.63, 3.8) is 0 Å². The van der Waals surface area contributed by atoms with E-state index >= 15 is 0 Å². The Labute approximate surface area is 81.7 Å². The number of hydrogen-bond donors (Lipinski definition) is 1. The van der Waals surface area contributed by atoms with Crippen LogP contribution in [-0.4, -0.2) is 17.4 Å². The molecule has 1 aromatic rings. The molecular weight excluding hydrogens is 183 g/mol. The fourth-order valence-corrected chi connectivity index (χ4v) is 0.900. The predicted octanol–water partition coefficient (Wildman–Crippen LogP) is 1.53. The molecule has 1 N–H and O–H groups in total. The van der Waals surface area contributed by atoms with Gasteiger partial charge in [0.25, 0.3) is 5.91 Å². The van der Waals surface area contributed by atoms with Crippen LogP contribution in [0.4, 0.5) is 4.39 Å². The monoisotopic (exact) mass is 194 g/mol. The maximum atomic E-state index is 12.4. The quantitative estimate of drug-likeness (QED) is 0.448. The molecule has 1 aromatic heterocycles. The molecule has 1 amide bonds. The number of halogens is 1. The molecule has 4 heteroatoms. The van der Waals surface area contributed by atoms with Gasteiger partial charge in [-0.15, -0.1) is 6.58 Å². The standard InChI is InChI=1S/C10H11FN2O/c1-2-3-6-12-10(14)8-4-5-9(11)13-7-8/h2,4-5,7H,1,3,6H2,(H,12,14). The minimum Gasteiger partial charge on any atom is -0.352 e. The molecule has 0 atom stereocenters. The third kappa shape index (κ3) is 2.97. The summed E-state index contributed by atoms with van der Waals surface area (Å²) in [4.78, 5) is 14.7. The molecule has 0 unspecified atom stereocenters. The summed E-state index contributed by atoms with van der Waals surface area (Å²) in [5, 5.41) is 2.65. The third-order valence-electron chi connectivity index (χ3n) is 1.62. The number of aromatic nitrogens is 1. The van der Waals surface area contributed by atoms with Crippen molar-refractivity contribution in [1.29, 1.82) is 0 Å². The molecule has 0 saturated heterocycles. The van der Waals surface area contributed by atoms with Crippen molar-refractivity contribution in [3.8, 4) is 0 Å². The first-order valence-electron chi connectivity index (χ1n) is 4.24. The van der Waals surface area contributed by atoms with Gasteiger partial charge in [0, 0.05) is 12.7 Å². The van der Waals surface area contributed by atoms with Crippen LogP contribution in [0.1, 0.15) is 16.8 Å². The van der Waals surface area contributed by atoms with E-state index in [4.69, 9.17) is 0 Å². The molecule has 0 bridgehead atoms. The molecule has 3 nitrogen and oxygen atoms in total. The second-order valence-corrected chi connectivity index (χ2v) is 2.70. The summed E-state index contributed by atoms with van der Waals surface area (Å²) in [6, 6.07) is 2.55. The molecule has 0 fully saturated rings. The van der Waals surface area contributed by atoms with Crippen LogP contribution in [0, 0.1) is 5.95 Å². The van der Waals surface area contributed by atoms with Gasteiger partial charge in [0.05, 0.1) is 5.56 Å². The largest absolute Gasteiger partial charge is 0.352 e. The van der Waals surface area contributed by atoms with Crippen LogP contribution in [0.5, 0.6) is 0 Å². The Balaban J connectivity index is 2.52.